The summed E-state index contributed by atoms with van der Waals surface area (Å²) in [5.74, 6) is 0.637. The lowest BCUT2D eigenvalue weighted by atomic mass is 9.74. The number of benzene rings is 1. The molecular weight excluding hydrogens is 338 g/mol. The molecule has 1 aliphatic rings. The van der Waals surface area contributed by atoms with Gasteiger partial charge in [0, 0.05) is 18.0 Å². The summed E-state index contributed by atoms with van der Waals surface area (Å²) < 4.78 is 1.78. The lowest BCUT2D eigenvalue weighted by Crippen LogP contribution is -2.40. The molecule has 2 aromatic heterocycles. The SMILES string of the molecule is Cc1nn(-c2ccccn2)c2c1C(=O)/C(=N/Nc1ccccc1)C(C)(C)C2. The Labute approximate surface area is 157 Å². The molecule has 1 aliphatic carbocycles. The molecule has 3 aromatic rings. The fraction of sp³-hybridized carbons (Fsp3) is 0.238. The molecular formula is C21H21N5O. The Balaban J connectivity index is 1.77. The van der Waals surface area contributed by atoms with Gasteiger partial charge in [0.1, 0.15) is 5.71 Å². The van der Waals surface area contributed by atoms with Crippen molar-refractivity contribution in [2.45, 2.75) is 27.2 Å². The molecule has 0 saturated heterocycles. The van der Waals surface area contributed by atoms with Gasteiger partial charge in [-0.15, -0.1) is 0 Å². The molecule has 0 spiro atoms. The van der Waals surface area contributed by atoms with Crippen molar-refractivity contribution in [1.29, 1.82) is 0 Å². The van der Waals surface area contributed by atoms with E-state index in [-0.39, 0.29) is 5.78 Å². The van der Waals surface area contributed by atoms with Gasteiger partial charge in [-0.25, -0.2) is 9.67 Å². The zero-order chi connectivity index (χ0) is 19.0. The smallest absolute Gasteiger partial charge is 0.213 e. The highest BCUT2D eigenvalue weighted by Crippen LogP contribution is 2.35. The Hall–Kier alpha value is -3.28. The average Bonchev–Trinajstić information content (AvgIpc) is 2.98. The fourth-order valence-corrected chi connectivity index (χ4v) is 3.47. The minimum Gasteiger partial charge on any atom is -0.287 e. The topological polar surface area (TPSA) is 72.2 Å². The van der Waals surface area contributed by atoms with Crippen LogP contribution in [0.1, 0.15) is 35.6 Å². The number of ketones is 1. The Morgan fingerprint density at radius 1 is 1.11 bits per heavy atom. The summed E-state index contributed by atoms with van der Waals surface area (Å²) in [7, 11) is 0. The number of hydrazone groups is 1. The summed E-state index contributed by atoms with van der Waals surface area (Å²) in [6.07, 6.45) is 2.38. The number of anilines is 1. The van der Waals surface area contributed by atoms with Crippen LogP contribution in [0, 0.1) is 12.3 Å². The first-order chi connectivity index (χ1) is 13.0. The normalized spacial score (nSPS) is 17.0. The maximum absolute atomic E-state index is 13.3. The number of hydrogen-bond acceptors (Lipinski definition) is 5. The number of nitrogens with zero attached hydrogens (tertiary/aromatic N) is 4. The molecule has 0 fully saturated rings. The Bertz CT molecular complexity index is 1020. The van der Waals surface area contributed by atoms with Crippen LogP contribution in [0.4, 0.5) is 5.69 Å². The summed E-state index contributed by atoms with van der Waals surface area (Å²) >= 11 is 0. The van der Waals surface area contributed by atoms with Crippen molar-refractivity contribution in [3.05, 3.63) is 71.7 Å². The molecule has 0 amide bonds. The molecule has 1 N–H and O–H groups in total. The largest absolute Gasteiger partial charge is 0.287 e. The maximum atomic E-state index is 13.3. The van der Waals surface area contributed by atoms with Crippen LogP contribution in [0.3, 0.4) is 0 Å². The van der Waals surface area contributed by atoms with Gasteiger partial charge in [0.2, 0.25) is 5.78 Å². The molecule has 6 nitrogen and oxygen atoms in total. The van der Waals surface area contributed by atoms with Gasteiger partial charge in [0.25, 0.3) is 0 Å². The van der Waals surface area contributed by atoms with Crippen LogP contribution in [0.5, 0.6) is 0 Å². The molecule has 0 atom stereocenters. The van der Waals surface area contributed by atoms with E-state index in [2.05, 4.69) is 20.6 Å². The van der Waals surface area contributed by atoms with Crippen LogP contribution >= 0.6 is 0 Å². The number of aryl methyl sites for hydroxylation is 1. The third-order valence-electron chi connectivity index (χ3n) is 4.79. The van der Waals surface area contributed by atoms with E-state index >= 15 is 0 Å². The first-order valence-corrected chi connectivity index (χ1v) is 8.91. The van der Waals surface area contributed by atoms with E-state index < -0.39 is 5.41 Å². The van der Waals surface area contributed by atoms with Crippen LogP contribution in [0.25, 0.3) is 5.82 Å². The zero-order valence-corrected chi connectivity index (χ0v) is 15.6. The van der Waals surface area contributed by atoms with Crippen LogP contribution in [-0.2, 0) is 6.42 Å². The second kappa shape index (κ2) is 6.46. The molecule has 6 heteroatoms. The van der Waals surface area contributed by atoms with Crippen LogP contribution in [0.15, 0.2) is 59.8 Å². The van der Waals surface area contributed by atoms with E-state index in [1.54, 1.807) is 10.9 Å². The van der Waals surface area contributed by atoms with E-state index in [0.29, 0.717) is 29.2 Å². The van der Waals surface area contributed by atoms with Gasteiger partial charge in [0.05, 0.1) is 22.6 Å². The summed E-state index contributed by atoms with van der Waals surface area (Å²) in [5.41, 5.74) is 6.17. The molecule has 136 valence electrons. The first-order valence-electron chi connectivity index (χ1n) is 8.91. The second-order valence-electron chi connectivity index (χ2n) is 7.33. The molecule has 4 rings (SSSR count). The molecule has 27 heavy (non-hydrogen) atoms. The maximum Gasteiger partial charge on any atom is 0.213 e. The number of Topliss-reactive ketones (excluding diaryl/α,β-unsaturated/α-hetero) is 1. The number of carbonyl (C=O) groups excluding carboxylic acids is 1. The van der Waals surface area contributed by atoms with Crippen molar-refractivity contribution in [1.82, 2.24) is 14.8 Å². The molecule has 1 aromatic carbocycles. The summed E-state index contributed by atoms with van der Waals surface area (Å²) in [5, 5.41) is 9.06. The highest BCUT2D eigenvalue weighted by molar-refractivity contribution is 6.49. The lowest BCUT2D eigenvalue weighted by molar-refractivity contribution is 0.104. The summed E-state index contributed by atoms with van der Waals surface area (Å²) in [4.78, 5) is 17.7. The predicted octanol–water partition coefficient (Wildman–Crippen LogP) is 3.81. The number of nitrogens with one attached hydrogen (secondary N) is 1. The van der Waals surface area contributed by atoms with Gasteiger partial charge < -0.3 is 0 Å². The number of carbonyl (C=O) groups is 1. The number of para-hydroxylation sites is 1. The minimum absolute atomic E-state index is 0.0793. The molecule has 0 saturated carbocycles. The molecule has 0 unspecified atom stereocenters. The van der Waals surface area contributed by atoms with Crippen molar-refractivity contribution >= 4 is 17.2 Å². The van der Waals surface area contributed by atoms with Crippen molar-refractivity contribution in [3.8, 4) is 5.82 Å². The second-order valence-corrected chi connectivity index (χ2v) is 7.33. The Morgan fingerprint density at radius 3 is 2.56 bits per heavy atom. The van der Waals surface area contributed by atoms with Gasteiger partial charge in [-0.05, 0) is 31.2 Å². The van der Waals surface area contributed by atoms with Gasteiger partial charge in [0.15, 0.2) is 5.82 Å². The van der Waals surface area contributed by atoms with Crippen molar-refractivity contribution in [2.24, 2.45) is 10.5 Å². The Morgan fingerprint density at radius 2 is 1.85 bits per heavy atom. The standard InChI is InChI=1S/C21H21N5O/c1-14-18-16(26(25-14)17-11-7-8-12-22-17)13-21(2,3)20(19(18)27)24-23-15-9-5-4-6-10-15/h4-12,23H,13H2,1-3H3/b24-20-. The first kappa shape index (κ1) is 17.1. The number of pyridine rings is 1. The number of rotatable bonds is 3. The number of aromatic nitrogens is 3. The van der Waals surface area contributed by atoms with Crippen LogP contribution in [-0.4, -0.2) is 26.3 Å². The quantitative estimate of drug-likeness (QED) is 0.722. The molecule has 2 heterocycles. The van der Waals surface area contributed by atoms with Gasteiger partial charge >= 0.3 is 0 Å². The monoisotopic (exact) mass is 359 g/mol. The fourth-order valence-electron chi connectivity index (χ4n) is 3.47. The molecule has 0 radical (unpaired) electrons. The molecule has 0 aliphatic heterocycles. The van der Waals surface area contributed by atoms with Gasteiger partial charge in [-0.1, -0.05) is 38.1 Å². The van der Waals surface area contributed by atoms with Crippen LogP contribution < -0.4 is 5.43 Å². The number of hydrogen-bond donors (Lipinski definition) is 1. The third-order valence-corrected chi connectivity index (χ3v) is 4.79. The predicted molar refractivity (Wildman–Crippen MR) is 105 cm³/mol. The van der Waals surface area contributed by atoms with E-state index in [0.717, 1.165) is 11.4 Å². The molecule has 0 bridgehead atoms. The minimum atomic E-state index is -0.426. The van der Waals surface area contributed by atoms with Crippen molar-refractivity contribution in [3.63, 3.8) is 0 Å². The van der Waals surface area contributed by atoms with Crippen LogP contribution in [0.2, 0.25) is 0 Å². The summed E-state index contributed by atoms with van der Waals surface area (Å²) in [6, 6.07) is 15.3. The van der Waals surface area contributed by atoms with E-state index in [1.165, 1.54) is 0 Å². The van der Waals surface area contributed by atoms with Gasteiger partial charge in [-0.3, -0.25) is 10.2 Å². The number of fused-ring (bicyclic) bond motifs is 1. The zero-order valence-electron chi connectivity index (χ0n) is 15.6. The lowest BCUT2D eigenvalue weighted by Gasteiger charge is -2.30. The highest BCUT2D eigenvalue weighted by Gasteiger charge is 2.42. The Kier molecular flexibility index (Phi) is 4.11. The van der Waals surface area contributed by atoms with E-state index in [9.17, 15) is 4.79 Å². The average molecular weight is 359 g/mol. The van der Waals surface area contributed by atoms with E-state index in [4.69, 9.17) is 0 Å². The van der Waals surface area contributed by atoms with E-state index in [1.807, 2.05) is 69.3 Å². The highest BCUT2D eigenvalue weighted by atomic mass is 16.1. The van der Waals surface area contributed by atoms with Crippen molar-refractivity contribution in [2.75, 3.05) is 5.43 Å². The van der Waals surface area contributed by atoms with Crippen molar-refractivity contribution < 1.29 is 4.79 Å². The summed E-state index contributed by atoms with van der Waals surface area (Å²) in [6.45, 7) is 5.92. The third kappa shape index (κ3) is 3.03. The van der Waals surface area contributed by atoms with Gasteiger partial charge in [-0.2, -0.15) is 10.2 Å².